The molecule has 3 aromatic rings. The Morgan fingerprint density at radius 2 is 1.79 bits per heavy atom. The molecule has 0 aliphatic carbocycles. The van der Waals surface area contributed by atoms with Crippen LogP contribution in [0.1, 0.15) is 17.0 Å². The van der Waals surface area contributed by atoms with Crippen molar-refractivity contribution < 1.29 is 19.1 Å². The van der Waals surface area contributed by atoms with Crippen molar-refractivity contribution in [3.8, 4) is 0 Å². The van der Waals surface area contributed by atoms with Gasteiger partial charge in [0.15, 0.2) is 0 Å². The van der Waals surface area contributed by atoms with Gasteiger partial charge in [0.05, 0.1) is 25.1 Å². The summed E-state index contributed by atoms with van der Waals surface area (Å²) in [6.45, 7) is 0.145. The molecule has 1 aromatic heterocycles. The summed E-state index contributed by atoms with van der Waals surface area (Å²) < 4.78 is 13.2. The van der Waals surface area contributed by atoms with Crippen LogP contribution in [0, 0.1) is 5.82 Å². The zero-order chi connectivity index (χ0) is 22.9. The van der Waals surface area contributed by atoms with Crippen LogP contribution >= 0.6 is 0 Å². The normalized spacial score (nSPS) is 21.0. The van der Waals surface area contributed by atoms with Crippen molar-refractivity contribution in [3.05, 3.63) is 90.0 Å². The maximum atomic E-state index is 13.2. The molecule has 0 saturated carbocycles. The highest BCUT2D eigenvalue weighted by Crippen LogP contribution is 2.48. The molecule has 3 heterocycles. The maximum Gasteiger partial charge on any atom is 0.326 e. The highest BCUT2D eigenvalue weighted by Gasteiger charge is 2.55. The number of hydrogen-bond acceptors (Lipinski definition) is 4. The van der Waals surface area contributed by atoms with E-state index in [1.807, 2.05) is 24.3 Å². The highest BCUT2D eigenvalue weighted by atomic mass is 19.1. The summed E-state index contributed by atoms with van der Waals surface area (Å²) in [5, 5.41) is 12.9. The predicted octanol–water partition coefficient (Wildman–Crippen LogP) is 3.17. The molecule has 3 atom stereocenters. The molecule has 0 bridgehead atoms. The number of hydrogen-bond donors (Lipinski definition) is 2. The second-order valence-corrected chi connectivity index (χ2v) is 8.28. The molecule has 3 amide bonds. The third-order valence-electron chi connectivity index (χ3n) is 6.42. The summed E-state index contributed by atoms with van der Waals surface area (Å²) in [5.74, 6) is -0.533. The summed E-state index contributed by atoms with van der Waals surface area (Å²) in [4.78, 5) is 33.6. The molecule has 0 radical (unpaired) electrons. The lowest BCUT2D eigenvalue weighted by molar-refractivity contribution is -0.149. The maximum absolute atomic E-state index is 13.2. The standard InChI is InChI=1S/C25H23FN4O3/c26-17-5-7-18(8-6-17)28-25(33)29-14-21-24(19-3-1-2-4-20(19)29)22(15-31)30(21)23(32)13-16-9-11-27-12-10-16/h1-12,21-22,24,31H,13-15H2,(H,28,33)/t21-,22+,24+/m1/s1. The van der Waals surface area contributed by atoms with Gasteiger partial charge in [-0.2, -0.15) is 0 Å². The van der Waals surface area contributed by atoms with Gasteiger partial charge in [0, 0.05) is 36.2 Å². The zero-order valence-corrected chi connectivity index (χ0v) is 17.8. The number of nitrogens with one attached hydrogen (secondary N) is 1. The number of rotatable bonds is 4. The largest absolute Gasteiger partial charge is 0.394 e. The van der Waals surface area contributed by atoms with Gasteiger partial charge in [-0.1, -0.05) is 18.2 Å². The minimum absolute atomic E-state index is 0.0533. The fourth-order valence-electron chi connectivity index (χ4n) is 4.92. The number of fused-ring (bicyclic) bond motifs is 3. The molecular weight excluding hydrogens is 423 g/mol. The number of pyridine rings is 1. The van der Waals surface area contributed by atoms with E-state index in [2.05, 4.69) is 10.3 Å². The third-order valence-corrected chi connectivity index (χ3v) is 6.42. The first-order valence-corrected chi connectivity index (χ1v) is 10.8. The van der Waals surface area contributed by atoms with Gasteiger partial charge in [-0.3, -0.25) is 14.7 Å². The van der Waals surface area contributed by atoms with E-state index in [4.69, 9.17) is 0 Å². The molecule has 168 valence electrons. The number of likely N-dealkylation sites (tertiary alicyclic amines) is 1. The number of urea groups is 1. The van der Waals surface area contributed by atoms with Crippen LogP contribution in [0.15, 0.2) is 73.1 Å². The molecule has 7 nitrogen and oxygen atoms in total. The Bertz CT molecular complexity index is 1170. The Morgan fingerprint density at radius 3 is 2.52 bits per heavy atom. The number of amides is 3. The van der Waals surface area contributed by atoms with Crippen LogP contribution in [0.4, 0.5) is 20.6 Å². The van der Waals surface area contributed by atoms with Crippen molar-refractivity contribution in [1.29, 1.82) is 0 Å². The second-order valence-electron chi connectivity index (χ2n) is 8.28. The quantitative estimate of drug-likeness (QED) is 0.645. The molecule has 2 aliphatic rings. The molecule has 0 unspecified atom stereocenters. The van der Waals surface area contributed by atoms with Crippen molar-refractivity contribution in [2.75, 3.05) is 23.4 Å². The number of halogens is 1. The third kappa shape index (κ3) is 3.82. The van der Waals surface area contributed by atoms with E-state index in [0.29, 0.717) is 12.2 Å². The number of carbonyl (C=O) groups excluding carboxylic acids is 2. The molecule has 8 heteroatoms. The first kappa shape index (κ1) is 21.1. The van der Waals surface area contributed by atoms with Crippen LogP contribution in [-0.2, 0) is 11.2 Å². The van der Waals surface area contributed by atoms with E-state index < -0.39 is 0 Å². The molecule has 1 fully saturated rings. The predicted molar refractivity (Wildman–Crippen MR) is 121 cm³/mol. The van der Waals surface area contributed by atoms with Gasteiger partial charge in [-0.15, -0.1) is 0 Å². The number of para-hydroxylation sites is 1. The summed E-state index contributed by atoms with van der Waals surface area (Å²) in [6, 6.07) is 15.8. The lowest BCUT2D eigenvalue weighted by atomic mass is 9.71. The van der Waals surface area contributed by atoms with E-state index in [1.54, 1.807) is 34.3 Å². The molecular formula is C25H23FN4O3. The number of aliphatic hydroxyl groups excluding tert-OH is 1. The Labute approximate surface area is 190 Å². The number of carbonyl (C=O) groups is 2. The van der Waals surface area contributed by atoms with E-state index >= 15 is 0 Å². The monoisotopic (exact) mass is 446 g/mol. The molecule has 0 spiro atoms. The van der Waals surface area contributed by atoms with Gasteiger partial charge in [-0.25, -0.2) is 9.18 Å². The van der Waals surface area contributed by atoms with Gasteiger partial charge in [0.1, 0.15) is 5.82 Å². The average molecular weight is 446 g/mol. The molecule has 5 rings (SSSR count). The number of aliphatic hydroxyl groups is 1. The van der Waals surface area contributed by atoms with Crippen molar-refractivity contribution in [2.45, 2.75) is 24.4 Å². The van der Waals surface area contributed by atoms with E-state index in [-0.39, 0.29) is 48.8 Å². The number of aromatic nitrogens is 1. The van der Waals surface area contributed by atoms with Crippen molar-refractivity contribution in [1.82, 2.24) is 9.88 Å². The smallest absolute Gasteiger partial charge is 0.326 e. The van der Waals surface area contributed by atoms with Crippen LogP contribution in [0.2, 0.25) is 0 Å². The number of anilines is 2. The molecule has 2 aliphatic heterocycles. The van der Waals surface area contributed by atoms with Gasteiger partial charge in [0.2, 0.25) is 5.91 Å². The molecule has 33 heavy (non-hydrogen) atoms. The fourth-order valence-corrected chi connectivity index (χ4v) is 4.92. The molecule has 2 N–H and O–H groups in total. The first-order valence-electron chi connectivity index (χ1n) is 10.8. The van der Waals surface area contributed by atoms with Gasteiger partial charge in [-0.05, 0) is 53.6 Å². The summed E-state index contributed by atoms with van der Waals surface area (Å²) >= 11 is 0. The van der Waals surface area contributed by atoms with Crippen LogP contribution in [0.3, 0.4) is 0 Å². The van der Waals surface area contributed by atoms with Gasteiger partial charge >= 0.3 is 6.03 Å². The Kier molecular flexibility index (Phi) is 5.51. The van der Waals surface area contributed by atoms with E-state index in [9.17, 15) is 19.1 Å². The minimum Gasteiger partial charge on any atom is -0.394 e. The SMILES string of the molecule is O=C(Nc1ccc(F)cc1)N1C[C@@H]2[C@H](c3ccccc31)[C@H](CO)N2C(=O)Cc1ccncc1. The molecule has 2 aromatic carbocycles. The minimum atomic E-state index is -0.382. The Morgan fingerprint density at radius 1 is 1.06 bits per heavy atom. The lowest BCUT2D eigenvalue weighted by Gasteiger charge is -2.58. The Balaban J connectivity index is 1.42. The molecule has 1 saturated heterocycles. The van der Waals surface area contributed by atoms with E-state index in [0.717, 1.165) is 16.8 Å². The van der Waals surface area contributed by atoms with Crippen LogP contribution in [0.5, 0.6) is 0 Å². The van der Waals surface area contributed by atoms with Crippen LogP contribution in [0.25, 0.3) is 0 Å². The topological polar surface area (TPSA) is 85.8 Å². The van der Waals surface area contributed by atoms with Crippen molar-refractivity contribution in [3.63, 3.8) is 0 Å². The van der Waals surface area contributed by atoms with Gasteiger partial charge < -0.3 is 15.3 Å². The van der Waals surface area contributed by atoms with Crippen molar-refractivity contribution >= 4 is 23.3 Å². The lowest BCUT2D eigenvalue weighted by Crippen LogP contribution is -2.71. The fraction of sp³-hybridized carbons (Fsp3) is 0.240. The Hall–Kier alpha value is -3.78. The summed E-state index contributed by atoms with van der Waals surface area (Å²) in [5.41, 5.74) is 3.00. The van der Waals surface area contributed by atoms with Crippen LogP contribution < -0.4 is 10.2 Å². The van der Waals surface area contributed by atoms with Crippen molar-refractivity contribution in [2.24, 2.45) is 0 Å². The summed E-state index contributed by atoms with van der Waals surface area (Å²) in [6.07, 6.45) is 3.48. The highest BCUT2D eigenvalue weighted by molar-refractivity contribution is 6.03. The second kappa shape index (κ2) is 8.63. The summed E-state index contributed by atoms with van der Waals surface area (Å²) in [7, 11) is 0. The number of nitrogens with zero attached hydrogens (tertiary/aromatic N) is 3. The number of benzene rings is 2. The van der Waals surface area contributed by atoms with E-state index in [1.165, 1.54) is 24.3 Å². The zero-order valence-electron chi connectivity index (χ0n) is 17.8. The van der Waals surface area contributed by atoms with Gasteiger partial charge in [0.25, 0.3) is 0 Å². The van der Waals surface area contributed by atoms with Crippen LogP contribution in [-0.4, -0.2) is 52.2 Å². The first-order chi connectivity index (χ1) is 16.1. The average Bonchev–Trinajstić information content (AvgIpc) is 2.81.